The maximum atomic E-state index is 12.8. The first kappa shape index (κ1) is 16.5. The van der Waals surface area contributed by atoms with Crippen molar-refractivity contribution in [2.75, 3.05) is 0 Å². The minimum absolute atomic E-state index is 0.189. The van der Waals surface area contributed by atoms with Crippen molar-refractivity contribution in [2.45, 2.75) is 25.4 Å². The van der Waals surface area contributed by atoms with Gasteiger partial charge >= 0.3 is 5.97 Å². The summed E-state index contributed by atoms with van der Waals surface area (Å²) in [4.78, 5) is 23.8. The lowest BCUT2D eigenvalue weighted by Gasteiger charge is -2.16. The van der Waals surface area contributed by atoms with Crippen molar-refractivity contribution in [3.63, 3.8) is 0 Å². The largest absolute Gasteiger partial charge is 0.490 e. The van der Waals surface area contributed by atoms with Crippen LogP contribution in [0.5, 0.6) is 5.75 Å². The molecule has 24 heavy (non-hydrogen) atoms. The van der Waals surface area contributed by atoms with E-state index in [0.29, 0.717) is 41.2 Å². The van der Waals surface area contributed by atoms with Crippen molar-refractivity contribution in [2.24, 2.45) is 5.92 Å². The van der Waals surface area contributed by atoms with Gasteiger partial charge in [0.1, 0.15) is 5.75 Å². The summed E-state index contributed by atoms with van der Waals surface area (Å²) in [5.74, 6) is -0.898. The van der Waals surface area contributed by atoms with E-state index in [1.165, 1.54) is 0 Å². The van der Waals surface area contributed by atoms with Gasteiger partial charge in [0.05, 0.1) is 22.6 Å². The summed E-state index contributed by atoms with van der Waals surface area (Å²) in [5.41, 5.74) is 0.856. The molecule has 4 nitrogen and oxygen atoms in total. The first-order chi connectivity index (χ1) is 11.6. The Kier molecular flexibility index (Phi) is 4.86. The smallest absolute Gasteiger partial charge is 0.306 e. The van der Waals surface area contributed by atoms with E-state index in [4.69, 9.17) is 21.4 Å². The fourth-order valence-electron chi connectivity index (χ4n) is 3.00. The lowest BCUT2D eigenvalue weighted by Crippen LogP contribution is -2.17. The van der Waals surface area contributed by atoms with Gasteiger partial charge in [0.2, 0.25) is 0 Å². The Balaban J connectivity index is 1.83. The molecule has 1 aliphatic carbocycles. The summed E-state index contributed by atoms with van der Waals surface area (Å²) in [5, 5.41) is 9.49. The number of carbonyl (C=O) groups is 2. The molecule has 0 aliphatic heterocycles. The summed E-state index contributed by atoms with van der Waals surface area (Å²) in [6, 6.07) is 13.9. The summed E-state index contributed by atoms with van der Waals surface area (Å²) < 4.78 is 5.94. The maximum Gasteiger partial charge on any atom is 0.306 e. The average Bonchev–Trinajstić information content (AvgIpc) is 3.04. The lowest BCUT2D eigenvalue weighted by molar-refractivity contribution is -0.141. The second kappa shape index (κ2) is 7.05. The van der Waals surface area contributed by atoms with Gasteiger partial charge in [-0.1, -0.05) is 35.9 Å². The number of ketones is 1. The standard InChI is InChI=1S/C19H17ClO4/c20-16-7-3-1-5-14(16)18(21)15-6-2-4-8-17(15)24-13-10-9-12(11-13)19(22)23/h1-8,12-13H,9-11H2,(H,22,23)/t12-,13-/m0/s1. The maximum absolute atomic E-state index is 12.8. The Hall–Kier alpha value is -2.33. The third-order valence-corrected chi connectivity index (χ3v) is 4.61. The third kappa shape index (κ3) is 3.44. The molecule has 0 heterocycles. The van der Waals surface area contributed by atoms with E-state index in [9.17, 15) is 9.59 Å². The number of benzene rings is 2. The normalized spacial score (nSPS) is 19.9. The van der Waals surface area contributed by atoms with Crippen molar-refractivity contribution in [3.05, 3.63) is 64.7 Å². The second-order valence-electron chi connectivity index (χ2n) is 5.89. The molecular formula is C19H17ClO4. The predicted molar refractivity (Wildman–Crippen MR) is 90.7 cm³/mol. The van der Waals surface area contributed by atoms with Crippen LogP contribution in [0.2, 0.25) is 5.02 Å². The van der Waals surface area contributed by atoms with Crippen molar-refractivity contribution in [1.82, 2.24) is 0 Å². The van der Waals surface area contributed by atoms with Crippen LogP contribution in [-0.2, 0) is 4.79 Å². The van der Waals surface area contributed by atoms with Crippen LogP contribution in [0.3, 0.4) is 0 Å². The molecule has 5 heteroatoms. The molecule has 0 spiro atoms. The molecule has 0 amide bonds. The third-order valence-electron chi connectivity index (χ3n) is 4.28. The van der Waals surface area contributed by atoms with Gasteiger partial charge in [-0.05, 0) is 43.5 Å². The summed E-state index contributed by atoms with van der Waals surface area (Å²) in [6.07, 6.45) is 1.54. The highest BCUT2D eigenvalue weighted by atomic mass is 35.5. The number of carboxylic acid groups (broad SMARTS) is 1. The van der Waals surface area contributed by atoms with Gasteiger partial charge in [0, 0.05) is 5.56 Å². The van der Waals surface area contributed by atoms with Gasteiger partial charge in [-0.3, -0.25) is 9.59 Å². The molecule has 0 bridgehead atoms. The Morgan fingerprint density at radius 3 is 2.33 bits per heavy atom. The molecule has 1 fully saturated rings. The minimum Gasteiger partial charge on any atom is -0.490 e. The number of hydrogen-bond acceptors (Lipinski definition) is 3. The number of carbonyl (C=O) groups excluding carboxylic acids is 1. The quantitative estimate of drug-likeness (QED) is 0.825. The topological polar surface area (TPSA) is 63.6 Å². The number of hydrogen-bond donors (Lipinski definition) is 1. The monoisotopic (exact) mass is 344 g/mol. The van der Waals surface area contributed by atoms with Crippen LogP contribution >= 0.6 is 11.6 Å². The summed E-state index contributed by atoms with van der Waals surface area (Å²) in [6.45, 7) is 0. The molecule has 3 rings (SSSR count). The molecule has 124 valence electrons. The van der Waals surface area contributed by atoms with E-state index in [1.54, 1.807) is 48.5 Å². The van der Waals surface area contributed by atoms with Gasteiger partial charge in [-0.15, -0.1) is 0 Å². The molecule has 1 N–H and O–H groups in total. The van der Waals surface area contributed by atoms with E-state index < -0.39 is 5.97 Å². The highest BCUT2D eigenvalue weighted by molar-refractivity contribution is 6.35. The molecule has 2 aromatic rings. The second-order valence-corrected chi connectivity index (χ2v) is 6.30. The Labute approximate surface area is 145 Å². The zero-order valence-corrected chi connectivity index (χ0v) is 13.7. The molecule has 1 aliphatic rings. The van der Waals surface area contributed by atoms with Crippen LogP contribution in [0.15, 0.2) is 48.5 Å². The molecule has 1 saturated carbocycles. The van der Waals surface area contributed by atoms with Crippen LogP contribution in [0.4, 0.5) is 0 Å². The van der Waals surface area contributed by atoms with Crippen LogP contribution in [-0.4, -0.2) is 23.0 Å². The first-order valence-corrected chi connectivity index (χ1v) is 8.21. The number of rotatable bonds is 5. The SMILES string of the molecule is O=C(c1ccccc1Cl)c1ccccc1O[C@H]1CC[C@H](C(=O)O)C1. The number of para-hydroxylation sites is 1. The molecule has 2 atom stereocenters. The van der Waals surface area contributed by atoms with Gasteiger partial charge in [0.15, 0.2) is 5.78 Å². The summed E-state index contributed by atoms with van der Waals surface area (Å²) >= 11 is 6.12. The molecular weight excluding hydrogens is 328 g/mol. The Morgan fingerprint density at radius 1 is 1.00 bits per heavy atom. The van der Waals surface area contributed by atoms with Crippen LogP contribution < -0.4 is 4.74 Å². The minimum atomic E-state index is -0.790. The molecule has 0 aromatic heterocycles. The Bertz CT molecular complexity index is 771. The van der Waals surface area contributed by atoms with E-state index in [0.717, 1.165) is 0 Å². The van der Waals surface area contributed by atoms with Gasteiger partial charge in [0.25, 0.3) is 0 Å². The van der Waals surface area contributed by atoms with Crippen molar-refractivity contribution in [3.8, 4) is 5.75 Å². The highest BCUT2D eigenvalue weighted by Gasteiger charge is 2.31. The van der Waals surface area contributed by atoms with E-state index in [2.05, 4.69) is 0 Å². The Morgan fingerprint density at radius 2 is 1.67 bits per heavy atom. The van der Waals surface area contributed by atoms with Crippen LogP contribution in [0.25, 0.3) is 0 Å². The van der Waals surface area contributed by atoms with Crippen LogP contribution in [0, 0.1) is 5.92 Å². The molecule has 0 radical (unpaired) electrons. The number of halogens is 1. The number of aliphatic carboxylic acids is 1. The zero-order valence-electron chi connectivity index (χ0n) is 12.9. The van der Waals surface area contributed by atoms with E-state index >= 15 is 0 Å². The highest BCUT2D eigenvalue weighted by Crippen LogP contribution is 2.32. The number of ether oxygens (including phenoxy) is 1. The first-order valence-electron chi connectivity index (χ1n) is 7.84. The fraction of sp³-hybridized carbons (Fsp3) is 0.263. The fourth-order valence-corrected chi connectivity index (χ4v) is 3.22. The van der Waals surface area contributed by atoms with E-state index in [-0.39, 0.29) is 17.8 Å². The summed E-state index contributed by atoms with van der Waals surface area (Å²) in [7, 11) is 0. The van der Waals surface area contributed by atoms with Gasteiger partial charge in [-0.25, -0.2) is 0 Å². The van der Waals surface area contributed by atoms with Crippen molar-refractivity contribution >= 4 is 23.4 Å². The molecule has 0 saturated heterocycles. The van der Waals surface area contributed by atoms with Gasteiger partial charge < -0.3 is 9.84 Å². The molecule has 2 aromatic carbocycles. The predicted octanol–water partition coefficient (Wildman–Crippen LogP) is 4.20. The van der Waals surface area contributed by atoms with Crippen molar-refractivity contribution < 1.29 is 19.4 Å². The van der Waals surface area contributed by atoms with Gasteiger partial charge in [-0.2, -0.15) is 0 Å². The molecule has 0 unspecified atom stereocenters. The van der Waals surface area contributed by atoms with Crippen LogP contribution in [0.1, 0.15) is 35.2 Å². The zero-order chi connectivity index (χ0) is 17.1. The van der Waals surface area contributed by atoms with E-state index in [1.807, 2.05) is 0 Å². The average molecular weight is 345 g/mol. The lowest BCUT2D eigenvalue weighted by atomic mass is 10.0. The number of carboxylic acids is 1. The van der Waals surface area contributed by atoms with Crippen molar-refractivity contribution in [1.29, 1.82) is 0 Å².